The summed E-state index contributed by atoms with van der Waals surface area (Å²) >= 11 is 4.93. The van der Waals surface area contributed by atoms with E-state index in [2.05, 4.69) is 20.7 Å². The number of thiophene rings is 1. The van der Waals surface area contributed by atoms with Gasteiger partial charge < -0.3 is 10.5 Å². The van der Waals surface area contributed by atoms with Crippen LogP contribution in [0.1, 0.15) is 22.0 Å². The maximum Gasteiger partial charge on any atom is 0.573 e. The number of aryl methyl sites for hydroxylation is 1. The van der Waals surface area contributed by atoms with Gasteiger partial charge in [0.05, 0.1) is 9.83 Å². The van der Waals surface area contributed by atoms with Crippen LogP contribution >= 0.6 is 39.7 Å². The lowest BCUT2D eigenvalue weighted by Crippen LogP contribution is -2.17. The molecule has 0 saturated heterocycles. The van der Waals surface area contributed by atoms with Crippen molar-refractivity contribution in [3.8, 4) is 5.75 Å². The molecular weight excluding hydrogens is 391 g/mol. The second-order valence-electron chi connectivity index (χ2n) is 4.20. The Morgan fingerprint density at radius 3 is 2.24 bits per heavy atom. The predicted molar refractivity (Wildman–Crippen MR) is 83.2 cm³/mol. The monoisotopic (exact) mass is 401 g/mol. The summed E-state index contributed by atoms with van der Waals surface area (Å²) in [5.74, 6) is -0.253. The van der Waals surface area contributed by atoms with Crippen LogP contribution in [0, 0.1) is 6.92 Å². The van der Waals surface area contributed by atoms with Gasteiger partial charge in [0.15, 0.2) is 0 Å². The summed E-state index contributed by atoms with van der Waals surface area (Å²) in [5.41, 5.74) is 7.91. The fourth-order valence-corrected chi connectivity index (χ4v) is 3.28. The first kappa shape index (κ1) is 18.3. The quantitative estimate of drug-likeness (QED) is 0.767. The summed E-state index contributed by atoms with van der Waals surface area (Å²) in [6.45, 7) is 1.96. The topological polar surface area (TPSA) is 35.2 Å². The number of hydrogen-bond acceptors (Lipinski definition) is 3. The highest BCUT2D eigenvalue weighted by molar-refractivity contribution is 9.11. The Morgan fingerprint density at radius 2 is 1.81 bits per heavy atom. The van der Waals surface area contributed by atoms with Crippen LogP contribution in [0.5, 0.6) is 5.75 Å². The van der Waals surface area contributed by atoms with Crippen LogP contribution in [-0.2, 0) is 0 Å². The standard InChI is InChI=1S/C13H11BrF3NOS.ClH/c1-7-6-10(20-12(7)14)11(18)8-2-4-9(5-3-8)19-13(15,16)17;/h2-6,11H,18H2,1H3;1H/t11-;/m0./s1. The van der Waals surface area contributed by atoms with Gasteiger partial charge in [-0.1, -0.05) is 12.1 Å². The van der Waals surface area contributed by atoms with Crippen LogP contribution in [0.2, 0.25) is 0 Å². The molecule has 2 aromatic rings. The van der Waals surface area contributed by atoms with Gasteiger partial charge >= 0.3 is 6.36 Å². The van der Waals surface area contributed by atoms with E-state index in [4.69, 9.17) is 5.73 Å². The van der Waals surface area contributed by atoms with Crippen molar-refractivity contribution in [1.29, 1.82) is 0 Å². The van der Waals surface area contributed by atoms with E-state index in [1.165, 1.54) is 35.6 Å². The third kappa shape index (κ3) is 4.88. The van der Waals surface area contributed by atoms with Gasteiger partial charge in [0.2, 0.25) is 0 Å². The average molecular weight is 403 g/mol. The van der Waals surface area contributed by atoms with E-state index in [1.807, 2.05) is 13.0 Å². The van der Waals surface area contributed by atoms with E-state index in [0.717, 1.165) is 19.8 Å². The molecule has 0 saturated carbocycles. The predicted octanol–water partition coefficient (Wildman–Crippen LogP) is 5.19. The zero-order valence-corrected chi connectivity index (χ0v) is 14.0. The second kappa shape index (κ2) is 7.00. The molecular formula is C13H12BrClF3NOS. The van der Waals surface area contributed by atoms with Gasteiger partial charge in [0, 0.05) is 4.88 Å². The summed E-state index contributed by atoms with van der Waals surface area (Å²) in [7, 11) is 0. The van der Waals surface area contributed by atoms with Gasteiger partial charge in [-0.25, -0.2) is 0 Å². The summed E-state index contributed by atoms with van der Waals surface area (Å²) in [4.78, 5) is 0.943. The van der Waals surface area contributed by atoms with Crippen LogP contribution in [0.3, 0.4) is 0 Å². The van der Waals surface area contributed by atoms with Crippen molar-refractivity contribution in [1.82, 2.24) is 0 Å². The van der Waals surface area contributed by atoms with Gasteiger partial charge in [-0.2, -0.15) is 0 Å². The summed E-state index contributed by atoms with van der Waals surface area (Å²) in [6.07, 6.45) is -4.68. The molecule has 0 fully saturated rings. The molecule has 8 heteroatoms. The number of rotatable bonds is 3. The molecule has 2 rings (SSSR count). The van der Waals surface area contributed by atoms with Gasteiger partial charge in [0.1, 0.15) is 5.75 Å². The molecule has 1 atom stereocenters. The third-order valence-corrected chi connectivity index (χ3v) is 4.88. The van der Waals surface area contributed by atoms with Crippen molar-refractivity contribution in [2.75, 3.05) is 0 Å². The Labute approximate surface area is 138 Å². The molecule has 1 aromatic carbocycles. The van der Waals surface area contributed by atoms with Crippen molar-refractivity contribution in [2.24, 2.45) is 5.73 Å². The summed E-state index contributed by atoms with van der Waals surface area (Å²) < 4.78 is 41.0. The van der Waals surface area contributed by atoms with E-state index in [-0.39, 0.29) is 24.2 Å². The number of hydrogen-bond donors (Lipinski definition) is 1. The van der Waals surface area contributed by atoms with E-state index >= 15 is 0 Å². The first-order valence-corrected chi connectivity index (χ1v) is 7.24. The normalized spacial score (nSPS) is 12.7. The Morgan fingerprint density at radius 1 is 1.24 bits per heavy atom. The molecule has 1 aromatic heterocycles. The molecule has 0 aliphatic heterocycles. The van der Waals surface area contributed by atoms with E-state index in [9.17, 15) is 13.2 Å². The lowest BCUT2D eigenvalue weighted by atomic mass is 10.1. The first-order chi connectivity index (χ1) is 9.26. The van der Waals surface area contributed by atoms with Crippen LogP contribution in [0.15, 0.2) is 34.1 Å². The Hall–Kier alpha value is -0.760. The molecule has 116 valence electrons. The number of halogens is 5. The Balaban J connectivity index is 0.00000220. The van der Waals surface area contributed by atoms with E-state index < -0.39 is 6.36 Å². The highest BCUT2D eigenvalue weighted by Gasteiger charge is 2.31. The molecule has 1 heterocycles. The molecule has 21 heavy (non-hydrogen) atoms. The molecule has 0 bridgehead atoms. The lowest BCUT2D eigenvalue weighted by molar-refractivity contribution is -0.274. The highest BCUT2D eigenvalue weighted by atomic mass is 79.9. The Bertz CT molecular complexity index is 581. The van der Waals surface area contributed by atoms with E-state index in [1.54, 1.807) is 0 Å². The van der Waals surface area contributed by atoms with Crippen LogP contribution in [0.25, 0.3) is 0 Å². The number of nitrogens with two attached hydrogens (primary N) is 1. The summed E-state index contributed by atoms with van der Waals surface area (Å²) in [6, 6.07) is 7.18. The maximum atomic E-state index is 12.1. The highest BCUT2D eigenvalue weighted by Crippen LogP contribution is 2.33. The van der Waals surface area contributed by atoms with Crippen molar-refractivity contribution in [3.05, 3.63) is 50.1 Å². The average Bonchev–Trinajstić information content (AvgIpc) is 2.68. The van der Waals surface area contributed by atoms with E-state index in [0.29, 0.717) is 0 Å². The lowest BCUT2D eigenvalue weighted by Gasteiger charge is -2.12. The van der Waals surface area contributed by atoms with Crippen molar-refractivity contribution in [2.45, 2.75) is 19.3 Å². The molecule has 0 aliphatic rings. The zero-order valence-electron chi connectivity index (χ0n) is 10.8. The SMILES string of the molecule is Cc1cc([C@@H](N)c2ccc(OC(F)(F)F)cc2)sc1Br.Cl. The number of benzene rings is 1. The molecule has 0 spiro atoms. The minimum Gasteiger partial charge on any atom is -0.406 e. The molecule has 2 nitrogen and oxygen atoms in total. The fraction of sp³-hybridized carbons (Fsp3) is 0.231. The minimum atomic E-state index is -4.68. The molecule has 2 N–H and O–H groups in total. The fourth-order valence-electron chi connectivity index (χ4n) is 1.68. The molecule has 0 unspecified atom stereocenters. The zero-order chi connectivity index (χ0) is 14.9. The largest absolute Gasteiger partial charge is 0.573 e. The number of ether oxygens (including phenoxy) is 1. The first-order valence-electron chi connectivity index (χ1n) is 5.63. The minimum absolute atomic E-state index is 0. The van der Waals surface area contributed by atoms with Crippen molar-refractivity contribution >= 4 is 39.7 Å². The number of alkyl halides is 3. The van der Waals surface area contributed by atoms with Gasteiger partial charge in [-0.05, 0) is 52.2 Å². The Kier molecular flexibility index (Phi) is 6.10. The van der Waals surface area contributed by atoms with Gasteiger partial charge in [-0.3, -0.25) is 0 Å². The third-order valence-electron chi connectivity index (χ3n) is 2.66. The van der Waals surface area contributed by atoms with Crippen molar-refractivity contribution in [3.63, 3.8) is 0 Å². The van der Waals surface area contributed by atoms with Crippen LogP contribution in [-0.4, -0.2) is 6.36 Å². The van der Waals surface area contributed by atoms with Gasteiger partial charge in [-0.15, -0.1) is 36.9 Å². The smallest absolute Gasteiger partial charge is 0.406 e. The molecule has 0 amide bonds. The second-order valence-corrected chi connectivity index (χ2v) is 6.60. The van der Waals surface area contributed by atoms with Gasteiger partial charge in [0.25, 0.3) is 0 Å². The van der Waals surface area contributed by atoms with Crippen molar-refractivity contribution < 1.29 is 17.9 Å². The molecule has 0 aliphatic carbocycles. The van der Waals surface area contributed by atoms with Crippen LogP contribution < -0.4 is 10.5 Å². The maximum absolute atomic E-state index is 12.1. The molecule has 0 radical (unpaired) electrons. The van der Waals surface area contributed by atoms with Crippen LogP contribution in [0.4, 0.5) is 13.2 Å². The summed E-state index contributed by atoms with van der Waals surface area (Å²) in [5, 5.41) is 0.